The third kappa shape index (κ3) is 2.03. The van der Waals surface area contributed by atoms with Crippen LogP contribution in [-0.4, -0.2) is 19.6 Å². The van der Waals surface area contributed by atoms with E-state index in [4.69, 9.17) is 11.6 Å². The van der Waals surface area contributed by atoms with Crippen LogP contribution in [0.25, 0.3) is 17.0 Å². The van der Waals surface area contributed by atoms with Crippen molar-refractivity contribution in [1.29, 1.82) is 0 Å². The molecule has 0 bridgehead atoms. The normalized spacial score (nSPS) is 11.2. The molecule has 0 N–H and O–H groups in total. The first-order valence-electron chi connectivity index (χ1n) is 5.71. The van der Waals surface area contributed by atoms with E-state index in [2.05, 4.69) is 31.1 Å². The Hall–Kier alpha value is -1.46. The van der Waals surface area contributed by atoms with Crippen molar-refractivity contribution in [3.8, 4) is 11.4 Å². The number of rotatable bonds is 1. The Morgan fingerprint density at radius 3 is 2.79 bits per heavy atom. The van der Waals surface area contributed by atoms with Crippen LogP contribution < -0.4 is 0 Å². The first-order chi connectivity index (χ1) is 9.08. The second-order valence-corrected chi connectivity index (χ2v) is 5.50. The van der Waals surface area contributed by atoms with Crippen molar-refractivity contribution in [3.63, 3.8) is 0 Å². The van der Waals surface area contributed by atoms with Crippen LogP contribution in [0, 0.1) is 13.8 Å². The van der Waals surface area contributed by atoms with Crippen LogP contribution in [0.5, 0.6) is 0 Å². The number of aryl methyl sites for hydroxylation is 1. The fraction of sp³-hybridized carbons (Fsp3) is 0.154. The van der Waals surface area contributed by atoms with Gasteiger partial charge in [-0.2, -0.15) is 0 Å². The zero-order valence-corrected chi connectivity index (χ0v) is 12.7. The summed E-state index contributed by atoms with van der Waals surface area (Å²) in [4.78, 5) is 4.25. The SMILES string of the molecule is Cc1c(Br)cccc1-c1nnc2cc(Cl)nc(C)n12. The van der Waals surface area contributed by atoms with Crippen LogP contribution in [0.15, 0.2) is 28.7 Å². The zero-order chi connectivity index (χ0) is 13.6. The number of hydrogen-bond donors (Lipinski definition) is 0. The summed E-state index contributed by atoms with van der Waals surface area (Å²) in [5.41, 5.74) is 2.84. The Kier molecular flexibility index (Phi) is 3.03. The van der Waals surface area contributed by atoms with Gasteiger partial charge in [-0.05, 0) is 25.5 Å². The molecule has 0 fully saturated rings. The molecule has 0 spiro atoms. The third-order valence-electron chi connectivity index (χ3n) is 3.04. The largest absolute Gasteiger partial charge is 0.263 e. The zero-order valence-electron chi connectivity index (χ0n) is 10.4. The summed E-state index contributed by atoms with van der Waals surface area (Å²) in [6.07, 6.45) is 0. The van der Waals surface area contributed by atoms with Gasteiger partial charge in [0.25, 0.3) is 0 Å². The Morgan fingerprint density at radius 2 is 2.00 bits per heavy atom. The van der Waals surface area contributed by atoms with E-state index >= 15 is 0 Å². The molecule has 0 saturated heterocycles. The van der Waals surface area contributed by atoms with E-state index in [9.17, 15) is 0 Å². The van der Waals surface area contributed by atoms with Crippen LogP contribution in [0.4, 0.5) is 0 Å². The Morgan fingerprint density at radius 1 is 1.21 bits per heavy atom. The lowest BCUT2D eigenvalue weighted by molar-refractivity contribution is 0.987. The van der Waals surface area contributed by atoms with Crippen molar-refractivity contribution >= 4 is 33.2 Å². The highest BCUT2D eigenvalue weighted by Crippen LogP contribution is 2.28. The molecule has 19 heavy (non-hydrogen) atoms. The number of aromatic nitrogens is 4. The summed E-state index contributed by atoms with van der Waals surface area (Å²) in [6, 6.07) is 7.71. The maximum Gasteiger partial charge on any atom is 0.170 e. The molecule has 3 aromatic rings. The van der Waals surface area contributed by atoms with Crippen molar-refractivity contribution in [1.82, 2.24) is 19.6 Å². The highest BCUT2D eigenvalue weighted by atomic mass is 79.9. The summed E-state index contributed by atoms with van der Waals surface area (Å²) in [6.45, 7) is 3.93. The molecule has 0 aliphatic carbocycles. The minimum atomic E-state index is 0.426. The van der Waals surface area contributed by atoms with Crippen LogP contribution in [0.3, 0.4) is 0 Å². The molecular weight excluding hydrogens is 328 g/mol. The van der Waals surface area contributed by atoms with E-state index in [1.165, 1.54) is 0 Å². The van der Waals surface area contributed by atoms with E-state index in [1.807, 2.05) is 36.4 Å². The molecule has 2 aromatic heterocycles. The van der Waals surface area contributed by atoms with Gasteiger partial charge in [-0.25, -0.2) is 4.98 Å². The minimum Gasteiger partial charge on any atom is -0.263 e. The highest BCUT2D eigenvalue weighted by Gasteiger charge is 2.14. The molecule has 96 valence electrons. The van der Waals surface area contributed by atoms with Gasteiger partial charge in [-0.15, -0.1) is 10.2 Å². The molecule has 0 aliphatic heterocycles. The van der Waals surface area contributed by atoms with Crippen molar-refractivity contribution in [3.05, 3.63) is 45.3 Å². The van der Waals surface area contributed by atoms with E-state index in [-0.39, 0.29) is 0 Å². The summed E-state index contributed by atoms with van der Waals surface area (Å²) < 4.78 is 2.95. The molecule has 0 radical (unpaired) electrons. The van der Waals surface area contributed by atoms with E-state index in [1.54, 1.807) is 6.07 Å². The number of fused-ring (bicyclic) bond motifs is 1. The molecule has 0 unspecified atom stereocenters. The van der Waals surface area contributed by atoms with Crippen LogP contribution in [-0.2, 0) is 0 Å². The lowest BCUT2D eigenvalue weighted by atomic mass is 10.1. The summed E-state index contributed by atoms with van der Waals surface area (Å²) >= 11 is 9.47. The quantitative estimate of drug-likeness (QED) is 0.634. The number of benzene rings is 1. The van der Waals surface area contributed by atoms with Crippen LogP contribution in [0.2, 0.25) is 5.15 Å². The molecule has 1 aromatic carbocycles. The Labute approximate surface area is 123 Å². The van der Waals surface area contributed by atoms with Gasteiger partial charge in [0.2, 0.25) is 0 Å². The fourth-order valence-electron chi connectivity index (χ4n) is 2.08. The maximum atomic E-state index is 5.94. The van der Waals surface area contributed by atoms with E-state index in [0.29, 0.717) is 10.8 Å². The number of halogens is 2. The van der Waals surface area contributed by atoms with E-state index < -0.39 is 0 Å². The molecular formula is C13H10BrClN4. The first kappa shape index (κ1) is 12.6. The first-order valence-corrected chi connectivity index (χ1v) is 6.89. The average molecular weight is 338 g/mol. The van der Waals surface area contributed by atoms with Gasteiger partial charge in [-0.3, -0.25) is 4.40 Å². The van der Waals surface area contributed by atoms with Gasteiger partial charge in [0.1, 0.15) is 11.0 Å². The predicted octanol–water partition coefficient (Wildman–Crippen LogP) is 3.82. The van der Waals surface area contributed by atoms with Crippen molar-refractivity contribution in [2.45, 2.75) is 13.8 Å². The minimum absolute atomic E-state index is 0.426. The summed E-state index contributed by atoms with van der Waals surface area (Å²) in [7, 11) is 0. The van der Waals surface area contributed by atoms with Crippen LogP contribution in [0.1, 0.15) is 11.4 Å². The standard InChI is InChI=1S/C13H10BrClN4/c1-7-9(4-3-5-10(7)14)13-18-17-12-6-11(15)16-8(2)19(12)13/h3-6H,1-2H3. The third-order valence-corrected chi connectivity index (χ3v) is 4.09. The average Bonchev–Trinajstić information content (AvgIpc) is 2.76. The smallest absolute Gasteiger partial charge is 0.170 e. The van der Waals surface area contributed by atoms with Gasteiger partial charge in [0.05, 0.1) is 0 Å². The maximum absolute atomic E-state index is 5.94. The van der Waals surface area contributed by atoms with Gasteiger partial charge in [-0.1, -0.05) is 39.7 Å². The lowest BCUT2D eigenvalue weighted by Crippen LogP contribution is -1.99. The molecule has 0 aliphatic rings. The van der Waals surface area contributed by atoms with Gasteiger partial charge >= 0.3 is 0 Å². The van der Waals surface area contributed by atoms with Crippen LogP contribution >= 0.6 is 27.5 Å². The second kappa shape index (κ2) is 4.58. The second-order valence-electron chi connectivity index (χ2n) is 4.26. The summed E-state index contributed by atoms with van der Waals surface area (Å²) in [5.74, 6) is 1.54. The Bertz CT molecular complexity index is 782. The fourth-order valence-corrected chi connectivity index (χ4v) is 2.66. The number of hydrogen-bond acceptors (Lipinski definition) is 3. The molecule has 4 nitrogen and oxygen atoms in total. The molecule has 0 amide bonds. The topological polar surface area (TPSA) is 43.1 Å². The monoisotopic (exact) mass is 336 g/mol. The van der Waals surface area contributed by atoms with E-state index in [0.717, 1.165) is 27.2 Å². The number of nitrogens with zero attached hydrogens (tertiary/aromatic N) is 4. The molecule has 0 atom stereocenters. The molecule has 6 heteroatoms. The Balaban J connectivity index is 2.35. The molecule has 3 rings (SSSR count). The van der Waals surface area contributed by atoms with Crippen molar-refractivity contribution < 1.29 is 0 Å². The van der Waals surface area contributed by atoms with Crippen molar-refractivity contribution in [2.75, 3.05) is 0 Å². The van der Waals surface area contributed by atoms with Gasteiger partial charge in [0.15, 0.2) is 11.5 Å². The molecule has 0 saturated carbocycles. The molecule has 2 heterocycles. The predicted molar refractivity (Wildman–Crippen MR) is 78.4 cm³/mol. The van der Waals surface area contributed by atoms with Gasteiger partial charge in [0, 0.05) is 16.1 Å². The van der Waals surface area contributed by atoms with Gasteiger partial charge < -0.3 is 0 Å². The highest BCUT2D eigenvalue weighted by molar-refractivity contribution is 9.10. The lowest BCUT2D eigenvalue weighted by Gasteiger charge is -2.07. The van der Waals surface area contributed by atoms with Crippen molar-refractivity contribution in [2.24, 2.45) is 0 Å². The summed E-state index contributed by atoms with van der Waals surface area (Å²) in [5, 5.41) is 8.85.